The first-order valence-corrected chi connectivity index (χ1v) is 3.79. The van der Waals surface area contributed by atoms with E-state index in [1.165, 1.54) is 6.92 Å². The molecule has 3 atom stereocenters. The molecule has 1 aliphatic rings. The molecule has 4 nitrogen and oxygen atoms in total. The van der Waals surface area contributed by atoms with E-state index in [1.807, 2.05) is 0 Å². The minimum atomic E-state index is -0.278. The Hall–Kier alpha value is -0.610. The zero-order valence-corrected chi connectivity index (χ0v) is 6.62. The summed E-state index contributed by atoms with van der Waals surface area (Å²) in [5.41, 5.74) is 11.3. The van der Waals surface area contributed by atoms with Crippen molar-refractivity contribution in [2.24, 2.45) is 11.5 Å². The largest absolute Gasteiger partial charge is 0.461 e. The smallest absolute Gasteiger partial charge is 0.302 e. The fraction of sp³-hybridized carbons (Fsp3) is 0.857. The van der Waals surface area contributed by atoms with E-state index in [-0.39, 0.29) is 24.2 Å². The van der Waals surface area contributed by atoms with Crippen LogP contribution in [-0.4, -0.2) is 24.2 Å². The molecule has 0 bridgehead atoms. The quantitative estimate of drug-likeness (QED) is 0.498. The van der Waals surface area contributed by atoms with E-state index < -0.39 is 0 Å². The third kappa shape index (κ3) is 1.91. The molecule has 4 heteroatoms. The first-order valence-electron chi connectivity index (χ1n) is 3.79. The van der Waals surface area contributed by atoms with Crippen LogP contribution in [0.25, 0.3) is 0 Å². The second-order valence-corrected chi connectivity index (χ2v) is 2.97. The van der Waals surface area contributed by atoms with Crippen LogP contribution in [0.15, 0.2) is 0 Å². The van der Waals surface area contributed by atoms with Gasteiger partial charge in [-0.1, -0.05) is 0 Å². The summed E-state index contributed by atoms with van der Waals surface area (Å²) in [6.07, 6.45) is 1.48. The molecular formula is C7H14N2O2. The predicted molar refractivity (Wildman–Crippen MR) is 40.7 cm³/mol. The zero-order valence-electron chi connectivity index (χ0n) is 6.62. The monoisotopic (exact) mass is 158 g/mol. The molecule has 0 aromatic rings. The maximum Gasteiger partial charge on any atom is 0.302 e. The normalized spacial score (nSPS) is 37.2. The summed E-state index contributed by atoms with van der Waals surface area (Å²) in [6, 6.07) is -0.196. The molecule has 1 rings (SSSR count). The van der Waals surface area contributed by atoms with Crippen molar-refractivity contribution in [1.82, 2.24) is 0 Å². The van der Waals surface area contributed by atoms with Crippen molar-refractivity contribution in [2.45, 2.75) is 38.0 Å². The Labute approximate surface area is 65.9 Å². The Morgan fingerprint density at radius 1 is 1.45 bits per heavy atom. The van der Waals surface area contributed by atoms with Gasteiger partial charge >= 0.3 is 5.97 Å². The molecule has 0 spiro atoms. The molecule has 0 aliphatic heterocycles. The van der Waals surface area contributed by atoms with Crippen LogP contribution in [0.5, 0.6) is 0 Å². The van der Waals surface area contributed by atoms with Gasteiger partial charge in [0.15, 0.2) is 0 Å². The number of esters is 1. The maximum absolute atomic E-state index is 10.5. The lowest BCUT2D eigenvalue weighted by Gasteiger charge is -2.17. The molecule has 0 unspecified atom stereocenters. The zero-order chi connectivity index (χ0) is 8.43. The highest BCUT2D eigenvalue weighted by Crippen LogP contribution is 2.19. The fourth-order valence-electron chi connectivity index (χ4n) is 1.37. The molecule has 0 aromatic heterocycles. The summed E-state index contributed by atoms with van der Waals surface area (Å²) >= 11 is 0. The Morgan fingerprint density at radius 2 is 2.09 bits per heavy atom. The molecule has 64 valence electrons. The Bertz CT molecular complexity index is 161. The number of ether oxygens (including phenoxy) is 1. The van der Waals surface area contributed by atoms with E-state index in [2.05, 4.69) is 0 Å². The van der Waals surface area contributed by atoms with Crippen molar-refractivity contribution >= 4 is 5.97 Å². The van der Waals surface area contributed by atoms with Crippen molar-refractivity contribution < 1.29 is 9.53 Å². The van der Waals surface area contributed by atoms with Gasteiger partial charge in [-0.05, 0) is 12.8 Å². The molecule has 1 aliphatic carbocycles. The van der Waals surface area contributed by atoms with Crippen LogP contribution < -0.4 is 11.5 Å². The molecule has 0 radical (unpaired) electrons. The lowest BCUT2D eigenvalue weighted by Crippen LogP contribution is -2.44. The van der Waals surface area contributed by atoms with Crippen LogP contribution in [0.2, 0.25) is 0 Å². The highest BCUT2D eigenvalue weighted by Gasteiger charge is 2.32. The number of carbonyl (C=O) groups excluding carboxylic acids is 1. The van der Waals surface area contributed by atoms with Crippen molar-refractivity contribution in [1.29, 1.82) is 0 Å². The molecule has 0 amide bonds. The van der Waals surface area contributed by atoms with Crippen molar-refractivity contribution in [3.8, 4) is 0 Å². The summed E-state index contributed by atoms with van der Waals surface area (Å²) in [6.45, 7) is 1.39. The van der Waals surface area contributed by atoms with Crippen molar-refractivity contribution in [3.05, 3.63) is 0 Å². The van der Waals surface area contributed by atoms with Gasteiger partial charge in [-0.15, -0.1) is 0 Å². The van der Waals surface area contributed by atoms with Crippen molar-refractivity contribution in [2.75, 3.05) is 0 Å². The maximum atomic E-state index is 10.5. The van der Waals surface area contributed by atoms with E-state index >= 15 is 0 Å². The highest BCUT2D eigenvalue weighted by molar-refractivity contribution is 5.66. The van der Waals surface area contributed by atoms with Gasteiger partial charge in [-0.2, -0.15) is 0 Å². The van der Waals surface area contributed by atoms with Crippen LogP contribution in [-0.2, 0) is 9.53 Å². The molecule has 11 heavy (non-hydrogen) atoms. The standard InChI is InChI=1S/C7H14N2O2/c1-4(10)11-6-3-2-5(8)7(6)9/h5-7H,2-3,8-9H2,1H3/t5-,6-,7-/m1/s1. The van der Waals surface area contributed by atoms with Gasteiger partial charge in [0, 0.05) is 13.0 Å². The lowest BCUT2D eigenvalue weighted by molar-refractivity contribution is -0.146. The molecule has 0 aromatic carbocycles. The van der Waals surface area contributed by atoms with E-state index in [0.29, 0.717) is 0 Å². The van der Waals surface area contributed by atoms with Crippen LogP contribution in [0.1, 0.15) is 19.8 Å². The Kier molecular flexibility index (Phi) is 2.46. The van der Waals surface area contributed by atoms with E-state index in [0.717, 1.165) is 12.8 Å². The second kappa shape index (κ2) is 3.19. The SMILES string of the molecule is CC(=O)O[C@@H]1CC[C@@H](N)[C@H]1N. The Balaban J connectivity index is 2.42. The summed E-state index contributed by atoms with van der Waals surface area (Å²) < 4.78 is 4.95. The first-order chi connectivity index (χ1) is 5.11. The van der Waals surface area contributed by atoms with Crippen LogP contribution >= 0.6 is 0 Å². The molecule has 1 saturated carbocycles. The summed E-state index contributed by atoms with van der Waals surface area (Å²) in [5, 5.41) is 0. The van der Waals surface area contributed by atoms with Gasteiger partial charge in [-0.3, -0.25) is 4.79 Å². The molecular weight excluding hydrogens is 144 g/mol. The van der Waals surface area contributed by atoms with E-state index in [4.69, 9.17) is 16.2 Å². The van der Waals surface area contributed by atoms with Gasteiger partial charge in [0.05, 0.1) is 6.04 Å². The number of hydrogen-bond acceptors (Lipinski definition) is 4. The highest BCUT2D eigenvalue weighted by atomic mass is 16.5. The van der Waals surface area contributed by atoms with Gasteiger partial charge < -0.3 is 16.2 Å². The van der Waals surface area contributed by atoms with Gasteiger partial charge in [0.2, 0.25) is 0 Å². The number of nitrogens with two attached hydrogens (primary N) is 2. The number of carbonyl (C=O) groups is 1. The minimum Gasteiger partial charge on any atom is -0.461 e. The minimum absolute atomic E-state index is 0.0145. The molecule has 0 heterocycles. The lowest BCUT2D eigenvalue weighted by atomic mass is 10.2. The third-order valence-corrected chi connectivity index (χ3v) is 2.03. The topological polar surface area (TPSA) is 78.3 Å². The average Bonchev–Trinajstić information content (AvgIpc) is 2.18. The van der Waals surface area contributed by atoms with E-state index in [1.54, 1.807) is 0 Å². The average molecular weight is 158 g/mol. The van der Waals surface area contributed by atoms with Gasteiger partial charge in [-0.25, -0.2) is 0 Å². The van der Waals surface area contributed by atoms with Gasteiger partial charge in [0.1, 0.15) is 6.10 Å². The molecule has 1 fully saturated rings. The number of rotatable bonds is 1. The van der Waals surface area contributed by atoms with Crippen LogP contribution in [0.3, 0.4) is 0 Å². The third-order valence-electron chi connectivity index (χ3n) is 2.03. The van der Waals surface area contributed by atoms with Crippen LogP contribution in [0, 0.1) is 0 Å². The summed E-state index contributed by atoms with van der Waals surface area (Å²) in [4.78, 5) is 10.5. The fourth-order valence-corrected chi connectivity index (χ4v) is 1.37. The van der Waals surface area contributed by atoms with Gasteiger partial charge in [0.25, 0.3) is 0 Å². The van der Waals surface area contributed by atoms with Crippen molar-refractivity contribution in [3.63, 3.8) is 0 Å². The molecule has 0 saturated heterocycles. The predicted octanol–water partition coefficient (Wildman–Crippen LogP) is -0.633. The molecule has 4 N–H and O–H groups in total. The summed E-state index contributed by atoms with van der Waals surface area (Å²) in [5.74, 6) is -0.278. The van der Waals surface area contributed by atoms with E-state index in [9.17, 15) is 4.79 Å². The Morgan fingerprint density at radius 3 is 2.45 bits per heavy atom. The van der Waals surface area contributed by atoms with Crippen LogP contribution in [0.4, 0.5) is 0 Å². The first kappa shape index (κ1) is 8.49. The second-order valence-electron chi connectivity index (χ2n) is 2.97. The summed E-state index contributed by atoms with van der Waals surface area (Å²) in [7, 11) is 0. The number of hydrogen-bond donors (Lipinski definition) is 2.